The lowest BCUT2D eigenvalue weighted by Gasteiger charge is -2.04. The van der Waals surface area contributed by atoms with Crippen LogP contribution in [0, 0.1) is 0 Å². The van der Waals surface area contributed by atoms with E-state index in [9.17, 15) is 4.79 Å². The van der Waals surface area contributed by atoms with Crippen LogP contribution in [0.25, 0.3) is 21.5 Å². The summed E-state index contributed by atoms with van der Waals surface area (Å²) in [6.07, 6.45) is 5.01. The van der Waals surface area contributed by atoms with E-state index in [0.717, 1.165) is 27.0 Å². The Kier molecular flexibility index (Phi) is 3.80. The van der Waals surface area contributed by atoms with Crippen LogP contribution in [-0.2, 0) is 6.54 Å². The molecule has 5 nitrogen and oxygen atoms in total. The normalized spacial score (nSPS) is 10.8. The Bertz CT molecular complexity index is 942. The second-order valence-electron chi connectivity index (χ2n) is 5.23. The topological polar surface area (TPSA) is 68.0 Å². The van der Waals surface area contributed by atoms with Gasteiger partial charge in [-0.05, 0) is 29.8 Å². The third-order valence-electron chi connectivity index (χ3n) is 3.58. The molecule has 3 aromatic heterocycles. The second kappa shape index (κ2) is 6.25. The molecule has 0 bridgehead atoms. The first kappa shape index (κ1) is 14.6. The van der Waals surface area contributed by atoms with E-state index in [-0.39, 0.29) is 5.91 Å². The average molecular weight is 335 g/mol. The number of nitrogens with one attached hydrogen (secondary N) is 1. The number of rotatable bonds is 4. The number of para-hydroxylation sites is 1. The van der Waals surface area contributed by atoms with Crippen LogP contribution in [-0.4, -0.2) is 15.9 Å². The number of thiazole rings is 1. The highest BCUT2D eigenvalue weighted by molar-refractivity contribution is 7.20. The van der Waals surface area contributed by atoms with Crippen molar-refractivity contribution in [2.75, 3.05) is 0 Å². The molecule has 0 atom stereocenters. The van der Waals surface area contributed by atoms with Crippen LogP contribution >= 0.6 is 11.3 Å². The summed E-state index contributed by atoms with van der Waals surface area (Å²) in [6.45, 7) is 0.410. The largest absolute Gasteiger partial charge is 0.472 e. The second-order valence-corrected chi connectivity index (χ2v) is 6.26. The molecule has 0 spiro atoms. The van der Waals surface area contributed by atoms with Gasteiger partial charge in [0, 0.05) is 18.3 Å². The lowest BCUT2D eigenvalue weighted by atomic mass is 10.2. The van der Waals surface area contributed by atoms with E-state index in [1.54, 1.807) is 18.7 Å². The van der Waals surface area contributed by atoms with Gasteiger partial charge >= 0.3 is 0 Å². The Balaban J connectivity index is 1.43. The Hall–Kier alpha value is -2.99. The summed E-state index contributed by atoms with van der Waals surface area (Å²) in [7, 11) is 0. The molecule has 3 heterocycles. The maximum atomic E-state index is 12.2. The average Bonchev–Trinajstić information content (AvgIpc) is 3.29. The van der Waals surface area contributed by atoms with Crippen molar-refractivity contribution in [3.05, 3.63) is 71.8 Å². The molecule has 118 valence electrons. The van der Waals surface area contributed by atoms with E-state index in [1.165, 1.54) is 11.3 Å². The number of amides is 1. The molecule has 4 rings (SSSR count). The van der Waals surface area contributed by atoms with Gasteiger partial charge in [-0.1, -0.05) is 18.2 Å². The van der Waals surface area contributed by atoms with Crippen LogP contribution in [0.5, 0.6) is 0 Å². The maximum Gasteiger partial charge on any atom is 0.280 e. The standard InChI is InChI=1S/C18H13N3O2S/c22-17(18-21-15-3-1-2-4-16(15)24-18)20-10-12-5-6-14(19-9-12)13-7-8-23-11-13/h1-9,11H,10H2,(H,20,22). The molecule has 0 fully saturated rings. The number of fused-ring (bicyclic) bond motifs is 1. The first-order chi connectivity index (χ1) is 11.8. The third kappa shape index (κ3) is 2.91. The van der Waals surface area contributed by atoms with Crippen molar-refractivity contribution in [3.8, 4) is 11.3 Å². The molecule has 24 heavy (non-hydrogen) atoms. The summed E-state index contributed by atoms with van der Waals surface area (Å²) in [4.78, 5) is 21.0. The van der Waals surface area contributed by atoms with Crippen molar-refractivity contribution in [1.82, 2.24) is 15.3 Å². The van der Waals surface area contributed by atoms with Gasteiger partial charge in [0.25, 0.3) is 5.91 Å². The van der Waals surface area contributed by atoms with E-state index < -0.39 is 0 Å². The van der Waals surface area contributed by atoms with E-state index >= 15 is 0 Å². The SMILES string of the molecule is O=C(NCc1ccc(-c2ccoc2)nc1)c1nc2ccccc2s1. The lowest BCUT2D eigenvalue weighted by Crippen LogP contribution is -2.22. The quantitative estimate of drug-likeness (QED) is 0.614. The zero-order chi connectivity index (χ0) is 16.4. The molecule has 0 aliphatic rings. The minimum Gasteiger partial charge on any atom is -0.472 e. The zero-order valence-corrected chi connectivity index (χ0v) is 13.4. The van der Waals surface area contributed by atoms with Crippen LogP contribution in [0.3, 0.4) is 0 Å². The molecule has 1 N–H and O–H groups in total. The smallest absolute Gasteiger partial charge is 0.280 e. The number of benzene rings is 1. The summed E-state index contributed by atoms with van der Waals surface area (Å²) in [6, 6.07) is 13.4. The lowest BCUT2D eigenvalue weighted by molar-refractivity contribution is 0.0950. The summed E-state index contributed by atoms with van der Waals surface area (Å²) in [5, 5.41) is 3.35. The molecule has 0 aliphatic carbocycles. The fourth-order valence-corrected chi connectivity index (χ4v) is 3.22. The molecule has 0 saturated carbocycles. The number of carbonyl (C=O) groups excluding carboxylic acids is 1. The molecule has 1 aromatic carbocycles. The van der Waals surface area contributed by atoms with Gasteiger partial charge in [-0.25, -0.2) is 4.98 Å². The number of carbonyl (C=O) groups is 1. The van der Waals surface area contributed by atoms with Crippen molar-refractivity contribution in [2.45, 2.75) is 6.54 Å². The highest BCUT2D eigenvalue weighted by atomic mass is 32.1. The third-order valence-corrected chi connectivity index (χ3v) is 4.62. The van der Waals surface area contributed by atoms with Crippen LogP contribution in [0.4, 0.5) is 0 Å². The van der Waals surface area contributed by atoms with Crippen LogP contribution < -0.4 is 5.32 Å². The number of hydrogen-bond acceptors (Lipinski definition) is 5. The Morgan fingerprint density at radius 3 is 2.83 bits per heavy atom. The van der Waals surface area contributed by atoms with Crippen molar-refractivity contribution in [2.24, 2.45) is 0 Å². The van der Waals surface area contributed by atoms with E-state index in [1.807, 2.05) is 42.5 Å². The molecule has 0 saturated heterocycles. The summed E-state index contributed by atoms with van der Waals surface area (Å²) < 4.78 is 6.06. The molecule has 4 aromatic rings. The van der Waals surface area contributed by atoms with Gasteiger partial charge in [-0.3, -0.25) is 9.78 Å². The van der Waals surface area contributed by atoms with Crippen molar-refractivity contribution in [1.29, 1.82) is 0 Å². The van der Waals surface area contributed by atoms with Crippen LogP contribution in [0.2, 0.25) is 0 Å². The molecular weight excluding hydrogens is 322 g/mol. The van der Waals surface area contributed by atoms with Crippen molar-refractivity contribution in [3.63, 3.8) is 0 Å². The van der Waals surface area contributed by atoms with Gasteiger partial charge in [-0.15, -0.1) is 11.3 Å². The molecule has 6 heteroatoms. The van der Waals surface area contributed by atoms with Gasteiger partial charge in [0.1, 0.15) is 0 Å². The summed E-state index contributed by atoms with van der Waals surface area (Å²) in [5.74, 6) is -0.171. The van der Waals surface area contributed by atoms with Gasteiger partial charge < -0.3 is 9.73 Å². The van der Waals surface area contributed by atoms with Gasteiger partial charge in [0.05, 0.1) is 28.4 Å². The zero-order valence-electron chi connectivity index (χ0n) is 12.6. The van der Waals surface area contributed by atoms with Crippen LogP contribution in [0.1, 0.15) is 15.4 Å². The summed E-state index contributed by atoms with van der Waals surface area (Å²) >= 11 is 1.39. The van der Waals surface area contributed by atoms with E-state index in [0.29, 0.717) is 11.6 Å². The Labute approximate surface area is 142 Å². The number of aromatic nitrogens is 2. The minimum atomic E-state index is -0.171. The summed E-state index contributed by atoms with van der Waals surface area (Å²) in [5.41, 5.74) is 3.54. The van der Waals surface area contributed by atoms with E-state index in [4.69, 9.17) is 4.42 Å². The molecule has 1 amide bonds. The van der Waals surface area contributed by atoms with Gasteiger partial charge in [0.2, 0.25) is 0 Å². The number of hydrogen-bond donors (Lipinski definition) is 1. The maximum absolute atomic E-state index is 12.2. The molecule has 0 radical (unpaired) electrons. The highest BCUT2D eigenvalue weighted by Crippen LogP contribution is 2.21. The molecular formula is C18H13N3O2S. The van der Waals surface area contributed by atoms with Gasteiger partial charge in [0.15, 0.2) is 5.01 Å². The minimum absolute atomic E-state index is 0.171. The first-order valence-corrected chi connectivity index (χ1v) is 8.22. The van der Waals surface area contributed by atoms with Crippen molar-refractivity contribution >= 4 is 27.5 Å². The van der Waals surface area contributed by atoms with Crippen molar-refractivity contribution < 1.29 is 9.21 Å². The fourth-order valence-electron chi connectivity index (χ4n) is 2.34. The molecule has 0 unspecified atom stereocenters. The number of pyridine rings is 1. The first-order valence-electron chi connectivity index (χ1n) is 7.41. The monoisotopic (exact) mass is 335 g/mol. The number of nitrogens with zero attached hydrogens (tertiary/aromatic N) is 2. The number of furan rings is 1. The Morgan fingerprint density at radius 1 is 1.17 bits per heavy atom. The van der Waals surface area contributed by atoms with Crippen LogP contribution in [0.15, 0.2) is 65.6 Å². The van der Waals surface area contributed by atoms with Gasteiger partial charge in [-0.2, -0.15) is 0 Å². The Morgan fingerprint density at radius 2 is 2.08 bits per heavy atom. The predicted octanol–water partition coefficient (Wildman–Crippen LogP) is 3.88. The highest BCUT2D eigenvalue weighted by Gasteiger charge is 2.11. The predicted molar refractivity (Wildman–Crippen MR) is 92.7 cm³/mol. The fraction of sp³-hybridized carbons (Fsp3) is 0.0556. The van der Waals surface area contributed by atoms with E-state index in [2.05, 4.69) is 15.3 Å². The molecule has 0 aliphatic heterocycles.